The fourth-order valence-electron chi connectivity index (χ4n) is 5.91. The molecule has 0 bridgehead atoms. The minimum atomic E-state index is -5.76. The molecule has 44 heavy (non-hydrogen) atoms. The number of halogens is 2. The van der Waals surface area contributed by atoms with Gasteiger partial charge in [0.15, 0.2) is 0 Å². The van der Waals surface area contributed by atoms with E-state index in [1.807, 2.05) is 37.8 Å². The van der Waals surface area contributed by atoms with Crippen LogP contribution in [0.2, 0.25) is 0 Å². The average molecular weight is 648 g/mol. The molecule has 2 aliphatic rings. The van der Waals surface area contributed by atoms with Gasteiger partial charge in [-0.1, -0.05) is 51.1 Å². The van der Waals surface area contributed by atoms with Crippen molar-refractivity contribution in [3.05, 3.63) is 70.1 Å². The van der Waals surface area contributed by atoms with Crippen LogP contribution in [-0.4, -0.2) is 69.0 Å². The van der Waals surface area contributed by atoms with Gasteiger partial charge in [0, 0.05) is 29.9 Å². The summed E-state index contributed by atoms with van der Waals surface area (Å²) in [6.07, 6.45) is 2.70. The number of nitrogens with one attached hydrogen (secondary N) is 1. The van der Waals surface area contributed by atoms with Crippen molar-refractivity contribution in [2.24, 2.45) is 5.41 Å². The number of likely N-dealkylation sites (tertiary alicyclic amines) is 1. The number of benzene rings is 2. The van der Waals surface area contributed by atoms with Crippen LogP contribution >= 0.6 is 18.9 Å². The molecule has 236 valence electrons. The zero-order chi connectivity index (χ0) is 32.0. The molecule has 0 saturated carbocycles. The van der Waals surface area contributed by atoms with Crippen LogP contribution in [0.3, 0.4) is 0 Å². The molecule has 9 nitrogen and oxygen atoms in total. The van der Waals surface area contributed by atoms with Gasteiger partial charge in [0.25, 0.3) is 5.91 Å². The number of hydrogen-bond donors (Lipinski definition) is 3. The molecule has 0 aliphatic carbocycles. The molecule has 3 heterocycles. The maximum Gasteiger partial charge on any atom is 0.399 e. The predicted octanol–water partition coefficient (Wildman–Crippen LogP) is 4.89. The molecule has 1 saturated heterocycles. The fraction of sp³-hybridized carbons (Fsp3) is 0.452. The van der Waals surface area contributed by atoms with Crippen molar-refractivity contribution >= 4 is 46.7 Å². The maximum atomic E-state index is 14.3. The zero-order valence-corrected chi connectivity index (χ0v) is 26.5. The first-order valence-electron chi connectivity index (χ1n) is 14.5. The van der Waals surface area contributed by atoms with Gasteiger partial charge >= 0.3 is 13.3 Å². The van der Waals surface area contributed by atoms with Gasteiger partial charge in [-0.15, -0.1) is 11.3 Å². The van der Waals surface area contributed by atoms with Gasteiger partial charge in [-0.05, 0) is 65.8 Å². The molecule has 2 aliphatic heterocycles. The van der Waals surface area contributed by atoms with Gasteiger partial charge < -0.3 is 24.9 Å². The van der Waals surface area contributed by atoms with E-state index in [-0.39, 0.29) is 22.1 Å². The largest absolute Gasteiger partial charge is 0.399 e. The molecule has 3 amide bonds. The molecular formula is C31H36F2N3O6PS. The van der Waals surface area contributed by atoms with Gasteiger partial charge in [-0.3, -0.25) is 18.9 Å². The number of amides is 3. The number of thiophene rings is 1. The van der Waals surface area contributed by atoms with Crippen molar-refractivity contribution in [1.82, 2.24) is 15.1 Å². The van der Waals surface area contributed by atoms with E-state index in [0.29, 0.717) is 37.2 Å². The van der Waals surface area contributed by atoms with Crippen LogP contribution < -0.4 is 5.32 Å². The van der Waals surface area contributed by atoms with Crippen LogP contribution in [0.5, 0.6) is 0 Å². The SMILES string of the molecule is CC(C)(C)[C@H](NC(=O)c1cc2cc(C(F)(F)P(=O)(O)O)ccc2s1)C(=O)N1CCC[C@H]1C(=O)N1CCc2ccccc2CC1. The Morgan fingerprint density at radius 3 is 2.23 bits per heavy atom. The van der Waals surface area contributed by atoms with Crippen LogP contribution in [-0.2, 0) is 32.7 Å². The summed E-state index contributed by atoms with van der Waals surface area (Å²) in [5, 5.41) is 3.04. The number of alkyl halides is 2. The molecule has 13 heteroatoms. The Morgan fingerprint density at radius 2 is 1.64 bits per heavy atom. The minimum absolute atomic E-state index is 0.0879. The summed E-state index contributed by atoms with van der Waals surface area (Å²) in [6.45, 7) is 6.98. The Morgan fingerprint density at radius 1 is 1.00 bits per heavy atom. The lowest BCUT2D eigenvalue weighted by Crippen LogP contribution is -2.58. The van der Waals surface area contributed by atoms with E-state index in [0.717, 1.165) is 36.3 Å². The lowest BCUT2D eigenvalue weighted by molar-refractivity contribution is -0.146. The molecule has 3 aromatic rings. The van der Waals surface area contributed by atoms with Gasteiger partial charge in [-0.25, -0.2) is 0 Å². The molecule has 3 N–H and O–H groups in total. The van der Waals surface area contributed by atoms with E-state index in [9.17, 15) is 27.7 Å². The molecule has 0 spiro atoms. The topological polar surface area (TPSA) is 127 Å². The molecule has 5 rings (SSSR count). The van der Waals surface area contributed by atoms with E-state index in [1.165, 1.54) is 23.3 Å². The Labute approximate surface area is 258 Å². The number of nitrogens with zero attached hydrogens (tertiary/aromatic N) is 2. The standard InChI is InChI=1S/C31H36F2N3O6PS/c1-30(2,3)26(34-27(37)25-18-21-17-22(10-11-24(21)44-25)31(32,33)43(40,41)42)29(39)36-14-6-9-23(36)28(38)35-15-12-19-7-4-5-8-20(19)13-16-35/h4-5,7-8,10-11,17-18,23,26H,6,9,12-16H2,1-3H3,(H,34,37)(H2,40,41,42)/t23-,26+/m0/s1. The molecule has 1 fully saturated rings. The summed E-state index contributed by atoms with van der Waals surface area (Å²) in [4.78, 5) is 62.9. The van der Waals surface area contributed by atoms with Crippen molar-refractivity contribution < 1.29 is 37.5 Å². The zero-order valence-electron chi connectivity index (χ0n) is 24.8. The second-order valence-corrected chi connectivity index (χ2v) is 15.2. The monoisotopic (exact) mass is 647 g/mol. The first-order chi connectivity index (χ1) is 20.6. The summed E-state index contributed by atoms with van der Waals surface area (Å²) >= 11 is 1.01. The van der Waals surface area contributed by atoms with Gasteiger partial charge in [-0.2, -0.15) is 8.78 Å². The van der Waals surface area contributed by atoms with E-state index in [2.05, 4.69) is 17.4 Å². The van der Waals surface area contributed by atoms with Crippen LogP contribution in [0, 0.1) is 5.41 Å². The number of fused-ring (bicyclic) bond motifs is 2. The van der Waals surface area contributed by atoms with Crippen LogP contribution in [0.25, 0.3) is 10.1 Å². The number of hydrogen-bond acceptors (Lipinski definition) is 5. The summed E-state index contributed by atoms with van der Waals surface area (Å²) in [7, 11) is -5.76. The summed E-state index contributed by atoms with van der Waals surface area (Å²) in [5.74, 6) is -1.03. The van der Waals surface area contributed by atoms with Crippen molar-refractivity contribution in [1.29, 1.82) is 0 Å². The Balaban J connectivity index is 1.33. The van der Waals surface area contributed by atoms with Crippen molar-refractivity contribution in [2.45, 2.75) is 64.2 Å². The fourth-order valence-corrected chi connectivity index (χ4v) is 7.34. The summed E-state index contributed by atoms with van der Waals surface area (Å²) in [6, 6.07) is 11.1. The molecule has 2 atom stereocenters. The molecule has 2 aromatic carbocycles. The normalized spacial score (nSPS) is 18.6. The van der Waals surface area contributed by atoms with E-state index >= 15 is 0 Å². The summed E-state index contributed by atoms with van der Waals surface area (Å²) in [5.41, 5.74) is -3.50. The lowest BCUT2D eigenvalue weighted by Gasteiger charge is -2.36. The van der Waals surface area contributed by atoms with Gasteiger partial charge in [0.2, 0.25) is 11.8 Å². The third kappa shape index (κ3) is 6.31. The van der Waals surface area contributed by atoms with Crippen molar-refractivity contribution in [3.8, 4) is 0 Å². The van der Waals surface area contributed by atoms with Crippen LogP contribution in [0.1, 0.15) is 60.0 Å². The van der Waals surface area contributed by atoms with E-state index in [1.54, 1.807) is 4.90 Å². The summed E-state index contributed by atoms with van der Waals surface area (Å²) < 4.78 is 40.3. The molecule has 1 aromatic heterocycles. The number of rotatable bonds is 6. The number of carbonyl (C=O) groups excluding carboxylic acids is 3. The maximum absolute atomic E-state index is 14.3. The second-order valence-electron chi connectivity index (χ2n) is 12.5. The van der Waals surface area contributed by atoms with Crippen molar-refractivity contribution in [3.63, 3.8) is 0 Å². The van der Waals surface area contributed by atoms with Crippen LogP contribution in [0.15, 0.2) is 48.5 Å². The smallest absolute Gasteiger partial charge is 0.340 e. The molecular weight excluding hydrogens is 611 g/mol. The Hall–Kier alpha value is -3.18. The second kappa shape index (κ2) is 12.0. The van der Waals surface area contributed by atoms with Gasteiger partial charge in [0.1, 0.15) is 12.1 Å². The van der Waals surface area contributed by atoms with E-state index < -0.39 is 42.2 Å². The lowest BCUT2D eigenvalue weighted by atomic mass is 9.85. The third-order valence-electron chi connectivity index (χ3n) is 8.39. The van der Waals surface area contributed by atoms with Crippen LogP contribution in [0.4, 0.5) is 8.78 Å². The van der Waals surface area contributed by atoms with E-state index in [4.69, 9.17) is 9.79 Å². The first kappa shape index (κ1) is 32.2. The quantitative estimate of drug-likeness (QED) is 0.327. The Bertz CT molecular complexity index is 1620. The van der Waals surface area contributed by atoms with Crippen molar-refractivity contribution in [2.75, 3.05) is 19.6 Å². The molecule has 0 unspecified atom stereocenters. The highest BCUT2D eigenvalue weighted by Crippen LogP contribution is 2.59. The van der Waals surface area contributed by atoms with Gasteiger partial charge in [0.05, 0.1) is 4.88 Å². The highest BCUT2D eigenvalue weighted by atomic mass is 32.1. The average Bonchev–Trinajstić information content (AvgIpc) is 3.56. The predicted molar refractivity (Wildman–Crippen MR) is 164 cm³/mol. The highest BCUT2D eigenvalue weighted by molar-refractivity contribution is 7.52. The minimum Gasteiger partial charge on any atom is -0.340 e. The third-order valence-corrected chi connectivity index (χ3v) is 10.5. The Kier molecular flexibility index (Phi) is 8.76. The number of carbonyl (C=O) groups is 3. The molecule has 0 radical (unpaired) electrons. The first-order valence-corrected chi connectivity index (χ1v) is 17.0. The highest BCUT2D eigenvalue weighted by Gasteiger charge is 2.50.